The minimum Gasteiger partial charge on any atom is -0.404 e. The first-order valence-electron chi connectivity index (χ1n) is 10.6. The van der Waals surface area contributed by atoms with Crippen molar-refractivity contribution in [3.63, 3.8) is 0 Å². The van der Waals surface area contributed by atoms with E-state index in [1.54, 1.807) is 6.33 Å². The summed E-state index contributed by atoms with van der Waals surface area (Å²) in [5, 5.41) is 3.60. The number of nitrogens with one attached hydrogen (secondary N) is 1. The molecule has 3 aliphatic rings. The zero-order chi connectivity index (χ0) is 19.7. The Labute approximate surface area is 187 Å². The van der Waals surface area contributed by atoms with Gasteiger partial charge in [-0.05, 0) is 31.1 Å². The molecule has 6 heteroatoms. The van der Waals surface area contributed by atoms with Gasteiger partial charge in [-0.2, -0.15) is 18.2 Å². The van der Waals surface area contributed by atoms with Crippen molar-refractivity contribution in [1.82, 2.24) is 9.97 Å². The Morgan fingerprint density at radius 2 is 1.83 bits per heavy atom. The van der Waals surface area contributed by atoms with E-state index < -0.39 is 0 Å². The van der Waals surface area contributed by atoms with Gasteiger partial charge in [0.2, 0.25) is 0 Å². The van der Waals surface area contributed by atoms with Crippen molar-refractivity contribution in [3.05, 3.63) is 35.7 Å². The molecule has 1 radical (unpaired) electrons. The van der Waals surface area contributed by atoms with Crippen LogP contribution in [0.5, 0.6) is 0 Å². The van der Waals surface area contributed by atoms with Gasteiger partial charge < -0.3 is 16.8 Å². The summed E-state index contributed by atoms with van der Waals surface area (Å²) in [6.07, 6.45) is 11.7. The summed E-state index contributed by atoms with van der Waals surface area (Å²) in [6.45, 7) is 4.42. The molecule has 0 aliphatic heterocycles. The average molecular weight is 569 g/mol. The molecular formula is C23H32N5Os. The van der Waals surface area contributed by atoms with Gasteiger partial charge in [0, 0.05) is 17.6 Å². The first-order valence-corrected chi connectivity index (χ1v) is 10.6. The van der Waals surface area contributed by atoms with Crippen LogP contribution in [-0.4, -0.2) is 22.1 Å². The van der Waals surface area contributed by atoms with Crippen molar-refractivity contribution in [2.24, 2.45) is 5.73 Å². The van der Waals surface area contributed by atoms with Crippen molar-refractivity contribution < 1.29 is 19.8 Å². The number of hydrogen-bond donors (Lipinski definition) is 3. The van der Waals surface area contributed by atoms with Gasteiger partial charge in [0.05, 0.1) is 5.69 Å². The van der Waals surface area contributed by atoms with Gasteiger partial charge in [-0.15, -0.1) is 11.1 Å². The van der Waals surface area contributed by atoms with Crippen LogP contribution in [0.25, 0.3) is 11.3 Å². The Kier molecular flexibility index (Phi) is 6.97. The minimum absolute atomic E-state index is 0. The van der Waals surface area contributed by atoms with Gasteiger partial charge in [-0.3, -0.25) is 0 Å². The van der Waals surface area contributed by atoms with E-state index in [4.69, 9.17) is 11.5 Å². The third-order valence-corrected chi connectivity index (χ3v) is 6.11. The number of fused-ring (bicyclic) bond motifs is 3. The number of benzene rings is 1. The number of aromatic nitrogens is 2. The van der Waals surface area contributed by atoms with Crippen LogP contribution >= 0.6 is 0 Å². The summed E-state index contributed by atoms with van der Waals surface area (Å²) in [4.78, 5) is 8.71. The zero-order valence-electron chi connectivity index (χ0n) is 17.4. The fourth-order valence-electron chi connectivity index (χ4n) is 4.43. The molecule has 5 nitrogen and oxygen atoms in total. The molecule has 157 valence electrons. The van der Waals surface area contributed by atoms with E-state index in [1.165, 1.54) is 56.1 Å². The van der Waals surface area contributed by atoms with Crippen molar-refractivity contribution in [3.8, 4) is 11.3 Å². The first-order chi connectivity index (χ1) is 13.5. The zero-order valence-corrected chi connectivity index (χ0v) is 20.0. The van der Waals surface area contributed by atoms with Crippen LogP contribution in [-0.2, 0) is 31.6 Å². The molecule has 0 unspecified atom stereocenters. The minimum atomic E-state index is -0.0666. The SMILES string of the molecule is CC1(C)Cc2c(NC3CC3)[c-]ccc2-c2ncnc(N)c21.NC1CCCCC1.[Os+]. The van der Waals surface area contributed by atoms with Gasteiger partial charge in [0.15, 0.2) is 0 Å². The van der Waals surface area contributed by atoms with Crippen LogP contribution in [0.2, 0.25) is 0 Å². The van der Waals surface area contributed by atoms with Crippen LogP contribution < -0.4 is 16.8 Å². The average Bonchev–Trinajstić information content (AvgIpc) is 3.47. The Balaban J connectivity index is 0.000000257. The van der Waals surface area contributed by atoms with Gasteiger partial charge in [-0.1, -0.05) is 45.2 Å². The summed E-state index contributed by atoms with van der Waals surface area (Å²) in [6, 6.07) is 8.59. The molecule has 0 saturated heterocycles. The molecule has 0 amide bonds. The number of rotatable bonds is 2. The second-order valence-electron chi connectivity index (χ2n) is 9.10. The van der Waals surface area contributed by atoms with Gasteiger partial charge in [-0.25, -0.2) is 9.97 Å². The number of anilines is 2. The molecule has 1 heterocycles. The van der Waals surface area contributed by atoms with E-state index >= 15 is 0 Å². The maximum atomic E-state index is 6.13. The van der Waals surface area contributed by atoms with Gasteiger partial charge >= 0.3 is 19.8 Å². The number of nitrogens with two attached hydrogens (primary N) is 2. The number of hydrogen-bond acceptors (Lipinski definition) is 5. The molecule has 0 bridgehead atoms. The van der Waals surface area contributed by atoms with Gasteiger partial charge in [0.1, 0.15) is 12.1 Å². The molecular weight excluding hydrogens is 537 g/mol. The van der Waals surface area contributed by atoms with E-state index in [2.05, 4.69) is 41.3 Å². The van der Waals surface area contributed by atoms with Crippen LogP contribution in [0.15, 0.2) is 18.5 Å². The maximum Gasteiger partial charge on any atom is 1.00 e. The fraction of sp³-hybridized carbons (Fsp3) is 0.565. The molecule has 29 heavy (non-hydrogen) atoms. The maximum absolute atomic E-state index is 6.13. The van der Waals surface area contributed by atoms with E-state index in [9.17, 15) is 0 Å². The van der Waals surface area contributed by atoms with Crippen molar-refractivity contribution in [2.75, 3.05) is 11.1 Å². The Morgan fingerprint density at radius 3 is 2.45 bits per heavy atom. The van der Waals surface area contributed by atoms with Gasteiger partial charge in [0.25, 0.3) is 0 Å². The summed E-state index contributed by atoms with van der Waals surface area (Å²) in [7, 11) is 0. The molecule has 2 aromatic rings. The normalized spacial score (nSPS) is 19.7. The van der Waals surface area contributed by atoms with E-state index in [1.807, 2.05) is 6.07 Å². The van der Waals surface area contributed by atoms with Crippen LogP contribution in [0, 0.1) is 6.07 Å². The number of nitrogens with zero attached hydrogens (tertiary/aromatic N) is 2. The third-order valence-electron chi connectivity index (χ3n) is 6.11. The van der Waals surface area contributed by atoms with Crippen LogP contribution in [0.4, 0.5) is 11.5 Å². The predicted molar refractivity (Wildman–Crippen MR) is 115 cm³/mol. The molecule has 1 aromatic heterocycles. The standard InChI is InChI=1S/C17H19N4.C6H13N.Os/c1-17(2)8-12-11(15-14(17)16(18)20-9-19-15)4-3-5-13(12)21-10-6-7-10;7-6-4-2-1-3-5-6;/h3-4,9-10,21H,6-8H2,1-2H3,(H2,18,19,20);6H,1-5,7H2;/q-1;;+1. The molecule has 5 rings (SSSR count). The molecule has 5 N–H and O–H groups in total. The molecule has 2 fully saturated rings. The monoisotopic (exact) mass is 570 g/mol. The summed E-state index contributed by atoms with van der Waals surface area (Å²) < 4.78 is 0. The second-order valence-corrected chi connectivity index (χ2v) is 9.10. The molecule has 3 aliphatic carbocycles. The predicted octanol–water partition coefficient (Wildman–Crippen LogP) is 4.21. The smallest absolute Gasteiger partial charge is 0.404 e. The quantitative estimate of drug-likeness (QED) is 0.473. The first kappa shape index (κ1) is 22.2. The number of nitrogen functional groups attached to an aromatic ring is 1. The molecule has 2 saturated carbocycles. The van der Waals surface area contributed by atoms with Crippen molar-refractivity contribution >= 4 is 11.5 Å². The fourth-order valence-corrected chi connectivity index (χ4v) is 4.43. The summed E-state index contributed by atoms with van der Waals surface area (Å²) in [5.41, 5.74) is 17.3. The van der Waals surface area contributed by atoms with E-state index in [0.717, 1.165) is 23.4 Å². The van der Waals surface area contributed by atoms with E-state index in [-0.39, 0.29) is 25.2 Å². The van der Waals surface area contributed by atoms with Crippen molar-refractivity contribution in [1.29, 1.82) is 0 Å². The van der Waals surface area contributed by atoms with Crippen LogP contribution in [0.3, 0.4) is 0 Å². The summed E-state index contributed by atoms with van der Waals surface area (Å²) in [5.74, 6) is 0.597. The van der Waals surface area contributed by atoms with Crippen LogP contribution in [0.1, 0.15) is 69.9 Å². The summed E-state index contributed by atoms with van der Waals surface area (Å²) >= 11 is 0. The molecule has 0 atom stereocenters. The Bertz CT molecular complexity index is 841. The Hall–Kier alpha value is -1.50. The second kappa shape index (κ2) is 9.10. The molecule has 1 aromatic carbocycles. The largest absolute Gasteiger partial charge is 1.00 e. The van der Waals surface area contributed by atoms with Crippen molar-refractivity contribution in [2.45, 2.75) is 82.7 Å². The topological polar surface area (TPSA) is 89.8 Å². The third kappa shape index (κ3) is 4.98. The molecule has 0 spiro atoms. The van der Waals surface area contributed by atoms with E-state index in [0.29, 0.717) is 17.9 Å². The Morgan fingerprint density at radius 1 is 1.10 bits per heavy atom.